The van der Waals surface area contributed by atoms with Gasteiger partial charge in [0.05, 0.1) is 4.92 Å². The highest BCUT2D eigenvalue weighted by Crippen LogP contribution is 2.39. The van der Waals surface area contributed by atoms with Gasteiger partial charge in [-0.15, -0.1) is 0 Å². The molecule has 1 saturated carbocycles. The van der Waals surface area contributed by atoms with E-state index in [0.29, 0.717) is 0 Å². The van der Waals surface area contributed by atoms with E-state index in [1.54, 1.807) is 0 Å². The highest BCUT2D eigenvalue weighted by Gasteiger charge is 2.32. The lowest BCUT2D eigenvalue weighted by Gasteiger charge is -2.18. The lowest BCUT2D eigenvalue weighted by Crippen LogP contribution is -2.19. The molecule has 0 saturated heterocycles. The van der Waals surface area contributed by atoms with Crippen molar-refractivity contribution in [1.29, 1.82) is 0 Å². The molecule has 1 aliphatic carbocycles. The summed E-state index contributed by atoms with van der Waals surface area (Å²) in [6.45, 7) is 4.41. The topological polar surface area (TPSA) is 68.1 Å². The molecule has 18 heavy (non-hydrogen) atoms. The Morgan fingerprint density at radius 1 is 1.56 bits per heavy atom. The van der Waals surface area contributed by atoms with Crippen LogP contribution in [0.1, 0.15) is 33.1 Å². The van der Waals surface area contributed by atoms with Crippen LogP contribution in [0.4, 0.5) is 11.5 Å². The van der Waals surface area contributed by atoms with E-state index in [2.05, 4.69) is 24.1 Å². The standard InChI is InChI=1S/C12H16ClN3O2/c1-12(2)6-5-8(7-12)14-11-9(16(17)18)3-4-10(13)15-11/h3-4,8H,5-7H2,1-2H3,(H,14,15). The quantitative estimate of drug-likeness (QED) is 0.517. The van der Waals surface area contributed by atoms with Crippen molar-refractivity contribution in [3.63, 3.8) is 0 Å². The molecule has 0 bridgehead atoms. The summed E-state index contributed by atoms with van der Waals surface area (Å²) in [5, 5.41) is 14.3. The summed E-state index contributed by atoms with van der Waals surface area (Å²) < 4.78 is 0. The Bertz CT molecular complexity index is 476. The van der Waals surface area contributed by atoms with Crippen LogP contribution in [0.15, 0.2) is 12.1 Å². The zero-order chi connectivity index (χ0) is 13.3. The fourth-order valence-corrected chi connectivity index (χ4v) is 2.58. The minimum atomic E-state index is -0.439. The zero-order valence-corrected chi connectivity index (χ0v) is 11.2. The Morgan fingerprint density at radius 3 is 2.83 bits per heavy atom. The minimum Gasteiger partial charge on any atom is -0.362 e. The molecule has 6 heteroatoms. The number of nitro groups is 1. The summed E-state index contributed by atoms with van der Waals surface area (Å²) in [5.41, 5.74) is 0.259. The number of rotatable bonds is 3. The lowest BCUT2D eigenvalue weighted by molar-refractivity contribution is -0.384. The molecule has 1 heterocycles. The van der Waals surface area contributed by atoms with Crippen molar-refractivity contribution in [2.24, 2.45) is 5.41 Å². The van der Waals surface area contributed by atoms with E-state index in [0.717, 1.165) is 19.3 Å². The van der Waals surface area contributed by atoms with E-state index in [1.165, 1.54) is 12.1 Å². The van der Waals surface area contributed by atoms with Gasteiger partial charge in [0.15, 0.2) is 0 Å². The molecule has 1 atom stereocenters. The minimum absolute atomic E-state index is 0.0240. The Balaban J connectivity index is 2.18. The molecule has 0 amide bonds. The molecule has 98 valence electrons. The summed E-state index contributed by atoms with van der Waals surface area (Å²) in [6, 6.07) is 3.05. The summed E-state index contributed by atoms with van der Waals surface area (Å²) in [7, 11) is 0. The number of hydrogen-bond acceptors (Lipinski definition) is 4. The number of anilines is 1. The van der Waals surface area contributed by atoms with E-state index >= 15 is 0 Å². The third-order valence-corrected chi connectivity index (χ3v) is 3.56. The van der Waals surface area contributed by atoms with Gasteiger partial charge in [-0.1, -0.05) is 25.4 Å². The van der Waals surface area contributed by atoms with Crippen molar-refractivity contribution in [3.8, 4) is 0 Å². The predicted molar refractivity (Wildman–Crippen MR) is 70.9 cm³/mol. The maximum atomic E-state index is 10.9. The average molecular weight is 270 g/mol. The fraction of sp³-hybridized carbons (Fsp3) is 0.583. The maximum Gasteiger partial charge on any atom is 0.311 e. The van der Waals surface area contributed by atoms with Crippen LogP contribution >= 0.6 is 11.6 Å². The molecule has 0 spiro atoms. The van der Waals surface area contributed by atoms with Gasteiger partial charge in [-0.25, -0.2) is 4.98 Å². The van der Waals surface area contributed by atoms with E-state index in [1.807, 2.05) is 0 Å². The molecule has 1 unspecified atom stereocenters. The van der Waals surface area contributed by atoms with Gasteiger partial charge in [0.2, 0.25) is 5.82 Å². The molecule has 1 aliphatic rings. The third-order valence-electron chi connectivity index (χ3n) is 3.35. The SMILES string of the molecule is CC1(C)CCC(Nc2nc(Cl)ccc2[N+](=O)[O-])C1. The number of nitrogens with zero attached hydrogens (tertiary/aromatic N) is 2. The van der Waals surface area contributed by atoms with Crippen LogP contribution in [0.5, 0.6) is 0 Å². The van der Waals surface area contributed by atoms with Gasteiger partial charge in [0.1, 0.15) is 5.15 Å². The second kappa shape index (κ2) is 4.72. The second-order valence-corrected chi connectivity index (χ2v) is 5.89. The van der Waals surface area contributed by atoms with Crippen LogP contribution in [0, 0.1) is 15.5 Å². The largest absolute Gasteiger partial charge is 0.362 e. The van der Waals surface area contributed by atoms with E-state index < -0.39 is 4.92 Å². The summed E-state index contributed by atoms with van der Waals surface area (Å²) in [6.07, 6.45) is 3.09. The van der Waals surface area contributed by atoms with Crippen LogP contribution in [0.25, 0.3) is 0 Å². The molecule has 0 aliphatic heterocycles. The predicted octanol–water partition coefficient (Wildman–Crippen LogP) is 3.63. The molecule has 1 fully saturated rings. The Kier molecular flexibility index (Phi) is 3.43. The number of halogens is 1. The average Bonchev–Trinajstić information content (AvgIpc) is 2.57. The van der Waals surface area contributed by atoms with Crippen molar-refractivity contribution in [2.75, 3.05) is 5.32 Å². The summed E-state index contributed by atoms with van der Waals surface area (Å²) >= 11 is 5.79. The smallest absolute Gasteiger partial charge is 0.311 e. The number of aromatic nitrogens is 1. The fourth-order valence-electron chi connectivity index (χ4n) is 2.43. The van der Waals surface area contributed by atoms with Gasteiger partial charge in [-0.2, -0.15) is 0 Å². The van der Waals surface area contributed by atoms with Gasteiger partial charge in [-0.05, 0) is 30.7 Å². The number of nitrogens with one attached hydrogen (secondary N) is 1. The molecule has 1 N–H and O–H groups in total. The molecule has 0 radical (unpaired) electrons. The second-order valence-electron chi connectivity index (χ2n) is 5.51. The van der Waals surface area contributed by atoms with Crippen LogP contribution in [-0.2, 0) is 0 Å². The van der Waals surface area contributed by atoms with Crippen LogP contribution in [0.3, 0.4) is 0 Å². The molecule has 2 rings (SSSR count). The van der Waals surface area contributed by atoms with Crippen LogP contribution < -0.4 is 5.32 Å². The molecule has 5 nitrogen and oxygen atoms in total. The van der Waals surface area contributed by atoms with Crippen LogP contribution in [-0.4, -0.2) is 15.9 Å². The summed E-state index contributed by atoms with van der Waals surface area (Å²) in [5.74, 6) is 0.273. The molecule has 1 aromatic heterocycles. The van der Waals surface area contributed by atoms with Crippen molar-refractivity contribution < 1.29 is 4.92 Å². The normalized spacial score (nSPS) is 21.8. The van der Waals surface area contributed by atoms with E-state index in [-0.39, 0.29) is 28.1 Å². The monoisotopic (exact) mass is 269 g/mol. The summed E-state index contributed by atoms with van der Waals surface area (Å²) in [4.78, 5) is 14.5. The zero-order valence-electron chi connectivity index (χ0n) is 10.4. The lowest BCUT2D eigenvalue weighted by atomic mass is 9.92. The van der Waals surface area contributed by atoms with Crippen molar-refractivity contribution >= 4 is 23.1 Å². The third kappa shape index (κ3) is 2.90. The maximum absolute atomic E-state index is 10.9. The van der Waals surface area contributed by atoms with Crippen molar-refractivity contribution in [3.05, 3.63) is 27.4 Å². The first-order valence-corrected chi connectivity index (χ1v) is 6.33. The first kappa shape index (κ1) is 13.1. The first-order valence-electron chi connectivity index (χ1n) is 5.95. The Labute approximate surface area is 111 Å². The van der Waals surface area contributed by atoms with Gasteiger partial charge < -0.3 is 5.32 Å². The van der Waals surface area contributed by atoms with Gasteiger partial charge >= 0.3 is 5.69 Å². The van der Waals surface area contributed by atoms with Gasteiger partial charge in [0, 0.05) is 12.1 Å². The molecule has 0 aromatic carbocycles. The number of pyridine rings is 1. The Morgan fingerprint density at radius 2 is 2.28 bits per heavy atom. The van der Waals surface area contributed by atoms with E-state index in [9.17, 15) is 10.1 Å². The van der Waals surface area contributed by atoms with Gasteiger partial charge in [0.25, 0.3) is 0 Å². The highest BCUT2D eigenvalue weighted by molar-refractivity contribution is 6.29. The van der Waals surface area contributed by atoms with Crippen molar-refractivity contribution in [2.45, 2.75) is 39.2 Å². The van der Waals surface area contributed by atoms with Crippen molar-refractivity contribution in [1.82, 2.24) is 4.98 Å². The number of hydrogen-bond donors (Lipinski definition) is 1. The van der Waals surface area contributed by atoms with Crippen LogP contribution in [0.2, 0.25) is 5.15 Å². The molecular weight excluding hydrogens is 254 g/mol. The van der Waals surface area contributed by atoms with E-state index in [4.69, 9.17) is 11.6 Å². The Hall–Kier alpha value is -1.36. The molecular formula is C12H16ClN3O2. The molecule has 1 aromatic rings. The van der Waals surface area contributed by atoms with Gasteiger partial charge in [-0.3, -0.25) is 10.1 Å². The highest BCUT2D eigenvalue weighted by atomic mass is 35.5. The first-order chi connectivity index (χ1) is 8.37.